The Morgan fingerprint density at radius 1 is 1.21 bits per heavy atom. The van der Waals surface area contributed by atoms with Crippen LogP contribution in [-0.4, -0.2) is 24.4 Å². The quantitative estimate of drug-likeness (QED) is 0.651. The summed E-state index contributed by atoms with van der Waals surface area (Å²) in [7, 11) is -4.13. The number of benzene rings is 1. The number of carbonyl (C=O) groups is 1. The molecule has 0 radical (unpaired) electrons. The van der Waals surface area contributed by atoms with Gasteiger partial charge in [-0.1, -0.05) is 28.1 Å². The van der Waals surface area contributed by atoms with Crippen LogP contribution in [0.4, 0.5) is 13.2 Å². The zero-order valence-electron chi connectivity index (χ0n) is 14.5. The van der Waals surface area contributed by atoms with Crippen molar-refractivity contribution in [2.24, 2.45) is 0 Å². The minimum absolute atomic E-state index is 0.0983. The Balaban J connectivity index is 2.05. The summed E-state index contributed by atoms with van der Waals surface area (Å²) in [6.45, 7) is 0. The van der Waals surface area contributed by atoms with Gasteiger partial charge in [-0.15, -0.1) is 0 Å². The van der Waals surface area contributed by atoms with E-state index in [1.807, 2.05) is 6.07 Å². The largest absolute Gasteiger partial charge is 0.433 e. The number of nitriles is 1. The number of allylic oxidation sites excluding steroid dienone is 1. The molecule has 0 saturated heterocycles. The molecule has 2 unspecified atom stereocenters. The maximum absolute atomic E-state index is 13.1. The molecule has 5 nitrogen and oxygen atoms in total. The van der Waals surface area contributed by atoms with Gasteiger partial charge in [-0.05, 0) is 35.9 Å². The number of hydrogen-bond donors (Lipinski definition) is 0. The summed E-state index contributed by atoms with van der Waals surface area (Å²) in [6.07, 6.45) is -1.70. The van der Waals surface area contributed by atoms with Gasteiger partial charge in [0.15, 0.2) is 15.6 Å². The molecule has 2 atom stereocenters. The van der Waals surface area contributed by atoms with Crippen LogP contribution in [0, 0.1) is 11.3 Å². The minimum Gasteiger partial charge on any atom is -0.295 e. The molecule has 0 N–H and O–H groups in total. The molecule has 10 heteroatoms. The third-order valence-corrected chi connectivity index (χ3v) is 7.32. The Morgan fingerprint density at radius 2 is 1.93 bits per heavy atom. The lowest BCUT2D eigenvalue weighted by Gasteiger charge is -2.28. The lowest BCUT2D eigenvalue weighted by Crippen LogP contribution is -2.31. The lowest BCUT2D eigenvalue weighted by molar-refractivity contribution is -0.141. The number of pyridine rings is 1. The number of carbonyl (C=O) groups excluding carboxylic acids is 1. The van der Waals surface area contributed by atoms with Crippen molar-refractivity contribution in [1.29, 1.82) is 5.26 Å². The van der Waals surface area contributed by atoms with E-state index >= 15 is 0 Å². The fraction of sp³-hybridized carbons (Fsp3) is 0.211. The van der Waals surface area contributed by atoms with Crippen molar-refractivity contribution in [3.8, 4) is 6.07 Å². The van der Waals surface area contributed by atoms with Gasteiger partial charge < -0.3 is 0 Å². The fourth-order valence-electron chi connectivity index (χ4n) is 3.11. The summed E-state index contributed by atoms with van der Waals surface area (Å²) in [4.78, 5) is 14.8. The van der Waals surface area contributed by atoms with Crippen LogP contribution < -0.4 is 0 Å². The van der Waals surface area contributed by atoms with E-state index in [4.69, 9.17) is 5.26 Å². The topological polar surface area (TPSA) is 87.9 Å². The Kier molecular flexibility index (Phi) is 5.65. The molecular weight excluding hydrogens is 473 g/mol. The molecule has 2 aromatic rings. The highest BCUT2D eigenvalue weighted by Gasteiger charge is 2.39. The monoisotopic (exact) mass is 484 g/mol. The number of aromatic nitrogens is 1. The zero-order valence-corrected chi connectivity index (χ0v) is 16.9. The van der Waals surface area contributed by atoms with Gasteiger partial charge in [0.1, 0.15) is 5.69 Å². The maximum atomic E-state index is 13.1. The summed E-state index contributed by atoms with van der Waals surface area (Å²) in [5.41, 5.74) is -0.336. The molecule has 3 rings (SSSR count). The zero-order chi connectivity index (χ0) is 21.4. The smallest absolute Gasteiger partial charge is 0.295 e. The molecule has 0 spiro atoms. The van der Waals surface area contributed by atoms with E-state index in [9.17, 15) is 26.4 Å². The van der Waals surface area contributed by atoms with Crippen LogP contribution in [0.25, 0.3) is 0 Å². The molecule has 0 amide bonds. The van der Waals surface area contributed by atoms with Crippen LogP contribution in [0.15, 0.2) is 58.0 Å². The molecule has 1 aromatic heterocycles. The highest BCUT2D eigenvalue weighted by Crippen LogP contribution is 2.39. The lowest BCUT2D eigenvalue weighted by atomic mass is 9.86. The number of nitrogens with zero attached hydrogens (tertiary/aromatic N) is 2. The predicted octanol–water partition coefficient (Wildman–Crippen LogP) is 4.19. The first-order valence-corrected chi connectivity index (χ1v) is 10.6. The van der Waals surface area contributed by atoms with Crippen molar-refractivity contribution < 1.29 is 26.4 Å². The SMILES string of the molecule is N#Cc1ccc(C2CC(=O)C=CC2S(=O)(=O)c2ccc(C(F)(F)F)nc2)c(Br)c1. The first-order valence-electron chi connectivity index (χ1n) is 8.22. The number of halogens is 4. The number of rotatable bonds is 3. The molecule has 150 valence electrons. The molecule has 29 heavy (non-hydrogen) atoms. The highest BCUT2D eigenvalue weighted by atomic mass is 79.9. The third-order valence-electron chi connectivity index (χ3n) is 4.53. The van der Waals surface area contributed by atoms with Gasteiger partial charge >= 0.3 is 6.18 Å². The maximum Gasteiger partial charge on any atom is 0.433 e. The van der Waals surface area contributed by atoms with Gasteiger partial charge in [0.25, 0.3) is 0 Å². The van der Waals surface area contributed by atoms with Crippen molar-refractivity contribution in [2.75, 3.05) is 0 Å². The van der Waals surface area contributed by atoms with Crippen molar-refractivity contribution in [2.45, 2.75) is 28.7 Å². The number of alkyl halides is 3. The van der Waals surface area contributed by atoms with Crippen LogP contribution in [0.5, 0.6) is 0 Å². The van der Waals surface area contributed by atoms with Gasteiger partial charge in [-0.25, -0.2) is 8.42 Å². The van der Waals surface area contributed by atoms with Crippen molar-refractivity contribution in [1.82, 2.24) is 4.98 Å². The highest BCUT2D eigenvalue weighted by molar-refractivity contribution is 9.10. The average Bonchev–Trinajstić information content (AvgIpc) is 2.67. The van der Waals surface area contributed by atoms with E-state index in [1.165, 1.54) is 18.2 Å². The van der Waals surface area contributed by atoms with Crippen LogP contribution in [-0.2, 0) is 20.8 Å². The Labute approximate surface area is 172 Å². The number of ketones is 1. The molecule has 1 aliphatic rings. The van der Waals surface area contributed by atoms with Gasteiger partial charge in [-0.2, -0.15) is 18.4 Å². The molecule has 0 aliphatic heterocycles. The minimum atomic E-state index is -4.69. The molecule has 0 saturated carbocycles. The Bertz CT molecular complexity index is 1140. The fourth-order valence-corrected chi connectivity index (χ4v) is 5.52. The molecule has 0 fully saturated rings. The van der Waals surface area contributed by atoms with Crippen molar-refractivity contribution >= 4 is 31.6 Å². The van der Waals surface area contributed by atoms with Crippen LogP contribution >= 0.6 is 15.9 Å². The third kappa shape index (κ3) is 4.26. The molecule has 1 aromatic carbocycles. The Hall–Kier alpha value is -2.51. The molecule has 1 heterocycles. The van der Waals surface area contributed by atoms with Crippen molar-refractivity contribution in [3.63, 3.8) is 0 Å². The van der Waals surface area contributed by atoms with Crippen LogP contribution in [0.3, 0.4) is 0 Å². The normalized spacial score (nSPS) is 19.8. The van der Waals surface area contributed by atoms with Crippen LogP contribution in [0.2, 0.25) is 0 Å². The second-order valence-corrected chi connectivity index (χ2v) is 9.33. The molecule has 0 bridgehead atoms. The van der Waals surface area contributed by atoms with Gasteiger partial charge in [0.05, 0.1) is 21.8 Å². The second kappa shape index (κ2) is 7.72. The summed E-state index contributed by atoms with van der Waals surface area (Å²) >= 11 is 3.31. The van der Waals surface area contributed by atoms with Crippen molar-refractivity contribution in [3.05, 3.63) is 70.0 Å². The summed E-state index contributed by atoms with van der Waals surface area (Å²) in [5, 5.41) is 7.82. The first kappa shape index (κ1) is 21.2. The summed E-state index contributed by atoms with van der Waals surface area (Å²) < 4.78 is 64.9. The number of sulfone groups is 1. The van der Waals surface area contributed by atoms with E-state index < -0.39 is 32.9 Å². The van der Waals surface area contributed by atoms with E-state index in [2.05, 4.69) is 20.9 Å². The van der Waals surface area contributed by atoms with E-state index in [0.29, 0.717) is 27.9 Å². The summed E-state index contributed by atoms with van der Waals surface area (Å²) in [6, 6.07) is 8.02. The summed E-state index contributed by atoms with van der Waals surface area (Å²) in [5.74, 6) is -1.05. The van der Waals surface area contributed by atoms with E-state index in [0.717, 1.165) is 12.1 Å². The first-order chi connectivity index (χ1) is 13.5. The predicted molar refractivity (Wildman–Crippen MR) is 101 cm³/mol. The van der Waals surface area contributed by atoms with E-state index in [1.54, 1.807) is 6.07 Å². The molecule has 1 aliphatic carbocycles. The van der Waals surface area contributed by atoms with Crippen LogP contribution in [0.1, 0.15) is 29.2 Å². The second-order valence-electron chi connectivity index (χ2n) is 6.37. The van der Waals surface area contributed by atoms with E-state index in [-0.39, 0.29) is 17.1 Å². The Morgan fingerprint density at radius 3 is 2.48 bits per heavy atom. The van der Waals surface area contributed by atoms with Gasteiger partial charge in [-0.3, -0.25) is 9.78 Å². The van der Waals surface area contributed by atoms with Gasteiger partial charge in [0, 0.05) is 23.0 Å². The molecular formula is C19H12BrF3N2O3S. The number of hydrogen-bond acceptors (Lipinski definition) is 5. The van der Waals surface area contributed by atoms with Gasteiger partial charge in [0.2, 0.25) is 0 Å². The standard InChI is InChI=1S/C19H12BrF3N2O3S/c20-16-7-11(9-24)1-4-14(16)15-8-12(26)2-5-17(15)29(27,28)13-3-6-18(25-10-13)19(21,22)23/h1-7,10,15,17H,8H2. The average molecular weight is 485 g/mol.